The molecule has 0 aliphatic carbocycles. The number of halogens is 1. The smallest absolute Gasteiger partial charge is 0.215 e. The van der Waals surface area contributed by atoms with Crippen LogP contribution in [0.2, 0.25) is 0 Å². The minimum atomic E-state index is -3.27. The van der Waals surface area contributed by atoms with E-state index in [1.54, 1.807) is 24.3 Å². The zero-order valence-electron chi connectivity index (χ0n) is 5.44. The molecule has 0 saturated carbocycles. The second-order valence-corrected chi connectivity index (χ2v) is 5.95. The summed E-state index contributed by atoms with van der Waals surface area (Å²) < 4.78 is 0.647. The number of hydrogen-bond acceptors (Lipinski definition) is 1. The molecule has 0 unspecified atom stereocenters. The molecule has 60 valence electrons. The van der Waals surface area contributed by atoms with Crippen LogP contribution in [0.3, 0.4) is 0 Å². The summed E-state index contributed by atoms with van der Waals surface area (Å²) in [5, 5.41) is 0.398. The zero-order chi connectivity index (χ0) is 8.48. The van der Waals surface area contributed by atoms with Gasteiger partial charge >= 0.3 is 0 Å². The van der Waals surface area contributed by atoms with Crippen LogP contribution in [0.1, 0.15) is 0 Å². The topological polar surface area (TPSA) is 40.5 Å². The summed E-state index contributed by atoms with van der Waals surface area (Å²) in [5.74, 6) is 0. The van der Waals surface area contributed by atoms with Gasteiger partial charge in [0, 0.05) is 9.78 Å². The highest BCUT2D eigenvalue weighted by Gasteiger charge is 2.13. The predicted octanol–water partition coefficient (Wildman–Crippen LogP) is 1.37. The molecule has 0 radical (unpaired) electrons. The van der Waals surface area contributed by atoms with Crippen LogP contribution in [0, 0.1) is 0 Å². The van der Waals surface area contributed by atoms with E-state index < -0.39 is 6.49 Å². The molecule has 11 heavy (non-hydrogen) atoms. The first-order chi connectivity index (χ1) is 5.02. The summed E-state index contributed by atoms with van der Waals surface area (Å²) in [4.78, 5) is 18.2. The lowest BCUT2D eigenvalue weighted by Crippen LogP contribution is -2.04. The summed E-state index contributed by atoms with van der Waals surface area (Å²) in [5.41, 5.74) is 0. The molecule has 1 aromatic carbocycles. The van der Waals surface area contributed by atoms with E-state index in [1.165, 1.54) is 0 Å². The fourth-order valence-electron chi connectivity index (χ4n) is 0.688. The Bertz CT molecular complexity index is 309. The van der Waals surface area contributed by atoms with Crippen molar-refractivity contribution in [3.05, 3.63) is 28.7 Å². The van der Waals surface area contributed by atoms with E-state index in [4.69, 9.17) is 9.79 Å². The molecule has 0 aromatic heterocycles. The Labute approximate surface area is 78.2 Å². The van der Waals surface area contributed by atoms with Gasteiger partial charge in [-0.15, -0.1) is 0 Å². The maximum Gasteiger partial charge on any atom is 0.215 e. The highest BCUT2D eigenvalue weighted by molar-refractivity contribution is 9.10. The minimum absolute atomic E-state index is 0.398. The molecule has 0 bridgehead atoms. The van der Waals surface area contributed by atoms with Crippen molar-refractivity contribution in [1.82, 2.24) is 0 Å². The average molecular weight is 253 g/mol. The molecule has 0 spiro atoms. The summed E-state index contributed by atoms with van der Waals surface area (Å²) in [7, 11) is 0. The van der Waals surface area contributed by atoms with Gasteiger partial charge in [-0.2, -0.15) is 0 Å². The summed E-state index contributed by atoms with van der Waals surface area (Å²) in [6.07, 6.45) is 0. The van der Waals surface area contributed by atoms with Crippen molar-refractivity contribution >= 4 is 39.5 Å². The third-order valence-electron chi connectivity index (χ3n) is 1.17. The highest BCUT2D eigenvalue weighted by atomic mass is 79.9. The maximum atomic E-state index is 9.12. The van der Waals surface area contributed by atoms with Crippen molar-refractivity contribution in [2.24, 2.45) is 0 Å². The van der Waals surface area contributed by atoms with Crippen LogP contribution in [-0.2, 0) is 11.8 Å². The molecule has 0 fully saturated rings. The van der Waals surface area contributed by atoms with E-state index in [9.17, 15) is 0 Å². The Morgan fingerprint density at radius 2 is 1.82 bits per heavy atom. The van der Waals surface area contributed by atoms with Crippen LogP contribution in [0.15, 0.2) is 28.7 Å². The number of benzene rings is 1. The van der Waals surface area contributed by atoms with Crippen LogP contribution in [0.25, 0.3) is 0 Å². The normalized spacial score (nSPS) is 11.5. The van der Waals surface area contributed by atoms with Crippen LogP contribution in [0.4, 0.5) is 0 Å². The molecule has 2 N–H and O–H groups in total. The lowest BCUT2D eigenvalue weighted by Gasteiger charge is -2.08. The molecule has 0 saturated heterocycles. The van der Waals surface area contributed by atoms with Crippen molar-refractivity contribution in [2.75, 3.05) is 0 Å². The van der Waals surface area contributed by atoms with Gasteiger partial charge in [0.25, 0.3) is 0 Å². The zero-order valence-corrected chi connectivity index (χ0v) is 8.73. The van der Waals surface area contributed by atoms with E-state index in [1.807, 2.05) is 0 Å². The van der Waals surface area contributed by atoms with Crippen molar-refractivity contribution in [3.63, 3.8) is 0 Å². The Kier molecular flexibility index (Phi) is 2.84. The van der Waals surface area contributed by atoms with Crippen LogP contribution >= 0.6 is 22.4 Å². The Morgan fingerprint density at radius 1 is 1.27 bits per heavy atom. The van der Waals surface area contributed by atoms with Crippen LogP contribution in [-0.4, -0.2) is 9.79 Å². The lowest BCUT2D eigenvalue weighted by atomic mass is 10.4. The van der Waals surface area contributed by atoms with E-state index >= 15 is 0 Å². The average Bonchev–Trinajstić information content (AvgIpc) is 1.86. The molecule has 0 heterocycles. The fraction of sp³-hybridized carbons (Fsp3) is 0. The van der Waals surface area contributed by atoms with Gasteiger partial charge in [0.2, 0.25) is 6.49 Å². The van der Waals surface area contributed by atoms with Crippen molar-refractivity contribution in [1.29, 1.82) is 0 Å². The third-order valence-corrected chi connectivity index (χ3v) is 3.77. The molecule has 0 amide bonds. The Hall–Kier alpha value is 0.270. The molecule has 1 rings (SSSR count). The van der Waals surface area contributed by atoms with Crippen LogP contribution < -0.4 is 5.30 Å². The minimum Gasteiger partial charge on any atom is -0.342 e. The standard InChI is InChI=1S/C6H6BrO2PS/c7-5-3-1-2-4-6(5)10(8,9)11/h1-4H,(H2,8,9,11). The predicted molar refractivity (Wildman–Crippen MR) is 52.5 cm³/mol. The molecule has 2 nitrogen and oxygen atoms in total. The quantitative estimate of drug-likeness (QED) is 0.742. The maximum absolute atomic E-state index is 9.12. The first-order valence-electron chi connectivity index (χ1n) is 2.82. The second kappa shape index (κ2) is 3.33. The van der Waals surface area contributed by atoms with E-state index in [0.29, 0.717) is 9.78 Å². The lowest BCUT2D eigenvalue weighted by molar-refractivity contribution is 0.493. The summed E-state index contributed by atoms with van der Waals surface area (Å²) in [6, 6.07) is 6.83. The largest absolute Gasteiger partial charge is 0.342 e. The van der Waals surface area contributed by atoms with Gasteiger partial charge in [0.15, 0.2) is 0 Å². The van der Waals surface area contributed by atoms with Crippen molar-refractivity contribution < 1.29 is 9.79 Å². The SMILES string of the molecule is OP(O)(=S)c1ccccc1Br. The molecule has 1 aromatic rings. The molecular formula is C6H6BrO2PS. The first-order valence-corrected chi connectivity index (χ1v) is 6.32. The Morgan fingerprint density at radius 3 is 2.18 bits per heavy atom. The van der Waals surface area contributed by atoms with Gasteiger partial charge in [0.05, 0.1) is 0 Å². The highest BCUT2D eigenvalue weighted by Crippen LogP contribution is 2.36. The second-order valence-electron chi connectivity index (χ2n) is 2.00. The fourth-order valence-corrected chi connectivity index (χ4v) is 3.18. The molecule has 0 aliphatic rings. The molecule has 0 aliphatic heterocycles. The molecule has 0 atom stereocenters. The van der Waals surface area contributed by atoms with Gasteiger partial charge in [0.1, 0.15) is 0 Å². The summed E-state index contributed by atoms with van der Waals surface area (Å²) in [6.45, 7) is -3.27. The number of rotatable bonds is 1. The Balaban J connectivity index is 3.25. The number of hydrogen-bond donors (Lipinski definition) is 2. The van der Waals surface area contributed by atoms with Gasteiger partial charge in [-0.3, -0.25) is 0 Å². The van der Waals surface area contributed by atoms with Gasteiger partial charge in [-0.25, -0.2) is 0 Å². The molecular weight excluding hydrogens is 247 g/mol. The third kappa shape index (κ3) is 2.36. The van der Waals surface area contributed by atoms with Crippen molar-refractivity contribution in [3.8, 4) is 0 Å². The monoisotopic (exact) mass is 252 g/mol. The van der Waals surface area contributed by atoms with E-state index in [-0.39, 0.29) is 0 Å². The van der Waals surface area contributed by atoms with Gasteiger partial charge in [-0.1, -0.05) is 12.1 Å². The first kappa shape index (κ1) is 9.36. The van der Waals surface area contributed by atoms with Gasteiger partial charge < -0.3 is 9.79 Å². The van der Waals surface area contributed by atoms with Gasteiger partial charge in [-0.05, 0) is 39.9 Å². The van der Waals surface area contributed by atoms with Crippen LogP contribution in [0.5, 0.6) is 0 Å². The molecule has 5 heteroatoms. The van der Waals surface area contributed by atoms with E-state index in [2.05, 4.69) is 27.7 Å². The van der Waals surface area contributed by atoms with Crippen molar-refractivity contribution in [2.45, 2.75) is 0 Å². The van der Waals surface area contributed by atoms with E-state index in [0.717, 1.165) is 0 Å². The summed E-state index contributed by atoms with van der Waals surface area (Å²) >= 11 is 7.70.